The molecule has 186 valence electrons. The third kappa shape index (κ3) is 4.58. The van der Waals surface area contributed by atoms with Crippen LogP contribution in [-0.2, 0) is 4.74 Å². The number of benzene rings is 1. The number of nitrogens with one attached hydrogen (secondary N) is 1. The van der Waals surface area contributed by atoms with E-state index < -0.39 is 30.6 Å². The van der Waals surface area contributed by atoms with Gasteiger partial charge in [-0.15, -0.1) is 0 Å². The minimum absolute atomic E-state index is 0.106. The second kappa shape index (κ2) is 9.26. The lowest BCUT2D eigenvalue weighted by molar-refractivity contribution is -0.129. The molecule has 0 bridgehead atoms. The molecule has 2 aromatic heterocycles. The zero-order chi connectivity index (χ0) is 25.5. The predicted molar refractivity (Wildman–Crippen MR) is 129 cm³/mol. The normalized spacial score (nSPS) is 18.5. The number of carbonyl (C=O) groups is 1. The number of aryl methyl sites for hydroxylation is 1. The van der Waals surface area contributed by atoms with Crippen molar-refractivity contribution < 1.29 is 23.4 Å². The molecule has 3 aromatic rings. The van der Waals surface area contributed by atoms with Crippen molar-refractivity contribution >= 4 is 23.1 Å². The summed E-state index contributed by atoms with van der Waals surface area (Å²) in [5.41, 5.74) is 2.24. The van der Waals surface area contributed by atoms with Crippen LogP contribution < -0.4 is 15.8 Å². The Morgan fingerprint density at radius 3 is 2.69 bits per heavy atom. The predicted octanol–water partition coefficient (Wildman–Crippen LogP) is 4.04. The third-order valence-electron chi connectivity index (χ3n) is 6.40. The molecule has 2 N–H and O–H groups in total. The molecule has 3 heterocycles. The van der Waals surface area contributed by atoms with Crippen molar-refractivity contribution in [2.75, 3.05) is 30.4 Å². The summed E-state index contributed by atoms with van der Waals surface area (Å²) in [5.74, 6) is -3.94. The van der Waals surface area contributed by atoms with E-state index in [9.17, 15) is 23.5 Å². The number of aromatic nitrogens is 2. The maximum atomic E-state index is 14.6. The van der Waals surface area contributed by atoms with E-state index in [2.05, 4.69) is 5.32 Å². The largest absolute Gasteiger partial charge is 0.478 e. The molecule has 8 nitrogen and oxygen atoms in total. The Bertz CT molecular complexity index is 1340. The molecule has 35 heavy (non-hydrogen) atoms. The molecule has 1 aliphatic heterocycles. The summed E-state index contributed by atoms with van der Waals surface area (Å²) in [7, 11) is 1.27. The Morgan fingerprint density at radius 2 is 2.03 bits per heavy atom. The maximum Gasteiger partial charge on any atom is 0.337 e. The number of fused-ring (bicyclic) bond motifs is 1. The number of carboxylic acid groups (broad SMARTS) is 1. The summed E-state index contributed by atoms with van der Waals surface area (Å²) in [6, 6.07) is 7.94. The highest BCUT2D eigenvalue weighted by molar-refractivity contribution is 5.94. The second-order valence-corrected chi connectivity index (χ2v) is 8.94. The van der Waals surface area contributed by atoms with Gasteiger partial charge in [0.2, 0.25) is 0 Å². The summed E-state index contributed by atoms with van der Waals surface area (Å²) >= 11 is 0. The fourth-order valence-corrected chi connectivity index (χ4v) is 4.61. The second-order valence-electron chi connectivity index (χ2n) is 8.94. The molecule has 10 heteroatoms. The Labute approximate surface area is 201 Å². The zero-order valence-corrected chi connectivity index (χ0v) is 20.0. The van der Waals surface area contributed by atoms with E-state index in [-0.39, 0.29) is 35.5 Å². The van der Waals surface area contributed by atoms with E-state index >= 15 is 0 Å². The number of hydrogen-bond donors (Lipinski definition) is 2. The van der Waals surface area contributed by atoms with Gasteiger partial charge in [0.25, 0.3) is 11.5 Å². The van der Waals surface area contributed by atoms with E-state index in [1.54, 1.807) is 31.3 Å². The summed E-state index contributed by atoms with van der Waals surface area (Å²) in [4.78, 5) is 31.1. The van der Waals surface area contributed by atoms with Gasteiger partial charge in [0.05, 0.1) is 23.7 Å². The van der Waals surface area contributed by atoms with Crippen molar-refractivity contribution in [3.63, 3.8) is 0 Å². The number of carboxylic acids is 1. The van der Waals surface area contributed by atoms with Crippen LogP contribution >= 0.6 is 0 Å². The van der Waals surface area contributed by atoms with Gasteiger partial charge in [-0.25, -0.2) is 18.6 Å². The molecular formula is C25H28F2N4O4. The number of alkyl halides is 2. The number of rotatable bonds is 6. The molecule has 0 radical (unpaired) electrons. The average Bonchev–Trinajstić information content (AvgIpc) is 2.80. The van der Waals surface area contributed by atoms with Gasteiger partial charge in [0.15, 0.2) is 0 Å². The van der Waals surface area contributed by atoms with Crippen LogP contribution in [0.3, 0.4) is 0 Å². The lowest BCUT2D eigenvalue weighted by atomic mass is 10.0. The van der Waals surface area contributed by atoms with Gasteiger partial charge in [-0.3, -0.25) is 9.20 Å². The lowest BCUT2D eigenvalue weighted by Crippen LogP contribution is -2.53. The number of pyridine rings is 1. The number of methoxy groups -OCH3 is 1. The Balaban J connectivity index is 1.80. The van der Waals surface area contributed by atoms with Crippen LogP contribution in [0.1, 0.15) is 46.4 Å². The fraction of sp³-hybridized carbons (Fsp3) is 0.400. The van der Waals surface area contributed by atoms with Gasteiger partial charge < -0.3 is 20.1 Å². The SMILES string of the molecule is CO[C@@H]1CCN(c2nc3c(C(C)Nc4ccccc4C(=O)O)cc(C)cn3c(=O)c2C)CC1(F)F. The van der Waals surface area contributed by atoms with Crippen LogP contribution in [0.5, 0.6) is 0 Å². The number of nitrogens with zero attached hydrogens (tertiary/aromatic N) is 3. The fourth-order valence-electron chi connectivity index (χ4n) is 4.61. The van der Waals surface area contributed by atoms with Gasteiger partial charge in [0.1, 0.15) is 17.6 Å². The maximum absolute atomic E-state index is 14.6. The van der Waals surface area contributed by atoms with E-state index in [0.717, 1.165) is 5.56 Å². The van der Waals surface area contributed by atoms with Crippen LogP contribution in [0, 0.1) is 13.8 Å². The topological polar surface area (TPSA) is 96.2 Å². The van der Waals surface area contributed by atoms with E-state index in [0.29, 0.717) is 16.9 Å². The molecule has 0 aliphatic carbocycles. The van der Waals surface area contributed by atoms with Crippen LogP contribution in [0.2, 0.25) is 0 Å². The highest BCUT2D eigenvalue weighted by atomic mass is 19.3. The van der Waals surface area contributed by atoms with Crippen molar-refractivity contribution in [2.45, 2.75) is 45.3 Å². The molecular weight excluding hydrogens is 458 g/mol. The van der Waals surface area contributed by atoms with Gasteiger partial charge >= 0.3 is 5.97 Å². The van der Waals surface area contributed by atoms with Crippen molar-refractivity contribution in [3.05, 3.63) is 69.1 Å². The first-order valence-electron chi connectivity index (χ1n) is 11.3. The van der Waals surface area contributed by atoms with Crippen molar-refractivity contribution in [3.8, 4) is 0 Å². The summed E-state index contributed by atoms with van der Waals surface area (Å²) in [6.45, 7) is 4.93. The molecule has 2 atom stereocenters. The van der Waals surface area contributed by atoms with Gasteiger partial charge in [-0.05, 0) is 51.0 Å². The van der Waals surface area contributed by atoms with Crippen LogP contribution in [0.4, 0.5) is 20.3 Å². The molecule has 4 rings (SSSR count). The molecule has 0 amide bonds. The lowest BCUT2D eigenvalue weighted by Gasteiger charge is -2.38. The van der Waals surface area contributed by atoms with Crippen LogP contribution in [0.25, 0.3) is 5.65 Å². The number of para-hydroxylation sites is 1. The molecule has 1 aromatic carbocycles. The number of halogens is 2. The molecule has 1 fully saturated rings. The minimum atomic E-state index is -3.09. The number of ether oxygens (including phenoxy) is 1. The molecule has 1 aliphatic rings. The first-order chi connectivity index (χ1) is 16.5. The Hall–Kier alpha value is -3.53. The third-order valence-corrected chi connectivity index (χ3v) is 6.40. The molecule has 1 saturated heterocycles. The van der Waals surface area contributed by atoms with Gasteiger partial charge in [-0.1, -0.05) is 12.1 Å². The number of anilines is 2. The standard InChI is InChI=1S/C25H28F2N4O4/c1-14-11-18(16(3)28-19-8-6-5-7-17(19)24(33)34)22-29-21(15(2)23(32)31(22)12-14)30-10-9-20(35-4)25(26,27)13-30/h5-8,11-12,16,20,28H,9-10,13H2,1-4H3,(H,33,34)/t16?,20-/m1/s1. The first kappa shape index (κ1) is 24.6. The highest BCUT2D eigenvalue weighted by Crippen LogP contribution is 2.33. The molecule has 1 unspecified atom stereocenters. The van der Waals surface area contributed by atoms with E-state index in [4.69, 9.17) is 9.72 Å². The smallest absolute Gasteiger partial charge is 0.337 e. The zero-order valence-electron chi connectivity index (χ0n) is 20.0. The summed E-state index contributed by atoms with van der Waals surface area (Å²) in [6.07, 6.45) is 0.584. The van der Waals surface area contributed by atoms with Gasteiger partial charge in [0, 0.05) is 31.1 Å². The Morgan fingerprint density at radius 1 is 1.31 bits per heavy atom. The summed E-state index contributed by atoms with van der Waals surface area (Å²) in [5, 5.41) is 12.7. The van der Waals surface area contributed by atoms with Crippen molar-refractivity contribution in [1.29, 1.82) is 0 Å². The molecule has 0 spiro atoms. The average molecular weight is 487 g/mol. The highest BCUT2D eigenvalue weighted by Gasteiger charge is 2.45. The minimum Gasteiger partial charge on any atom is -0.478 e. The Kier molecular flexibility index (Phi) is 6.50. The quantitative estimate of drug-likeness (QED) is 0.543. The monoisotopic (exact) mass is 486 g/mol. The van der Waals surface area contributed by atoms with Crippen molar-refractivity contribution in [2.24, 2.45) is 0 Å². The summed E-state index contributed by atoms with van der Waals surface area (Å²) < 4.78 is 35.6. The first-order valence-corrected chi connectivity index (χ1v) is 11.3. The molecule has 0 saturated carbocycles. The van der Waals surface area contributed by atoms with Crippen LogP contribution in [0.15, 0.2) is 41.3 Å². The number of hydrogen-bond acceptors (Lipinski definition) is 6. The van der Waals surface area contributed by atoms with Gasteiger partial charge in [-0.2, -0.15) is 0 Å². The van der Waals surface area contributed by atoms with Crippen LogP contribution in [-0.4, -0.2) is 52.7 Å². The number of piperidine rings is 1. The van der Waals surface area contributed by atoms with E-state index in [1.807, 2.05) is 19.9 Å². The van der Waals surface area contributed by atoms with E-state index in [1.165, 1.54) is 22.5 Å². The van der Waals surface area contributed by atoms with Crippen molar-refractivity contribution in [1.82, 2.24) is 9.38 Å². The number of aromatic carboxylic acids is 1.